The van der Waals surface area contributed by atoms with Crippen molar-refractivity contribution in [2.75, 3.05) is 32.1 Å². The summed E-state index contributed by atoms with van der Waals surface area (Å²) < 4.78 is 5.46. The molecule has 1 aliphatic heterocycles. The number of nitrogens with one attached hydrogen (secondary N) is 3. The topological polar surface area (TPSA) is 95.2 Å². The molecule has 0 unspecified atom stereocenters. The first-order valence-electron chi connectivity index (χ1n) is 10.4. The standard InChI is InChI=1S/C22H27ClN6O2/c1-13(2)29-9-8-15(11-29)26-19-17(23)10-25-22-20(19)27-21(28-22)14-4-6-16(7-5-14)31-12-18(30)24-3/h4-7,10,13,15H,8-9,11-12H2,1-3H3,(H,24,30)(H2,25,26,27,28)/t15-/m0/s1. The van der Waals surface area contributed by atoms with E-state index in [0.29, 0.717) is 34.3 Å². The predicted molar refractivity (Wildman–Crippen MR) is 123 cm³/mol. The van der Waals surface area contributed by atoms with E-state index in [1.807, 2.05) is 24.3 Å². The summed E-state index contributed by atoms with van der Waals surface area (Å²) in [7, 11) is 1.58. The van der Waals surface area contributed by atoms with E-state index in [4.69, 9.17) is 16.3 Å². The van der Waals surface area contributed by atoms with Crippen LogP contribution in [0.4, 0.5) is 5.69 Å². The number of H-pyrrole nitrogens is 1. The monoisotopic (exact) mass is 442 g/mol. The molecule has 164 valence electrons. The predicted octanol–water partition coefficient (Wildman–Crippen LogP) is 3.30. The van der Waals surface area contributed by atoms with E-state index in [1.165, 1.54) is 0 Å². The number of carbonyl (C=O) groups is 1. The Morgan fingerprint density at radius 3 is 2.81 bits per heavy atom. The fourth-order valence-electron chi connectivity index (χ4n) is 3.72. The minimum Gasteiger partial charge on any atom is -0.484 e. The van der Waals surface area contributed by atoms with Crippen LogP contribution < -0.4 is 15.4 Å². The number of aromatic amines is 1. The summed E-state index contributed by atoms with van der Waals surface area (Å²) in [5, 5.41) is 6.70. The summed E-state index contributed by atoms with van der Waals surface area (Å²) in [6.45, 7) is 6.47. The molecule has 0 spiro atoms. The first-order valence-corrected chi connectivity index (χ1v) is 10.8. The van der Waals surface area contributed by atoms with E-state index in [1.54, 1.807) is 13.2 Å². The Morgan fingerprint density at radius 2 is 2.13 bits per heavy atom. The molecule has 3 heterocycles. The van der Waals surface area contributed by atoms with Crippen LogP contribution in [0.5, 0.6) is 5.75 Å². The molecule has 0 radical (unpaired) electrons. The number of rotatable bonds is 7. The smallest absolute Gasteiger partial charge is 0.257 e. The van der Waals surface area contributed by atoms with Crippen molar-refractivity contribution in [1.82, 2.24) is 25.2 Å². The van der Waals surface area contributed by atoms with Crippen LogP contribution in [0.3, 0.4) is 0 Å². The Hall–Kier alpha value is -2.84. The molecule has 31 heavy (non-hydrogen) atoms. The average Bonchev–Trinajstić information content (AvgIpc) is 3.42. The molecule has 2 aromatic heterocycles. The van der Waals surface area contributed by atoms with E-state index < -0.39 is 0 Å². The van der Waals surface area contributed by atoms with Gasteiger partial charge in [-0.2, -0.15) is 0 Å². The highest BCUT2D eigenvalue weighted by atomic mass is 35.5. The van der Waals surface area contributed by atoms with Gasteiger partial charge in [-0.05, 0) is 44.5 Å². The second-order valence-electron chi connectivity index (χ2n) is 7.97. The van der Waals surface area contributed by atoms with Gasteiger partial charge in [0.15, 0.2) is 12.3 Å². The third kappa shape index (κ3) is 4.75. The quantitative estimate of drug-likeness (QED) is 0.519. The lowest BCUT2D eigenvalue weighted by atomic mass is 10.2. The molecule has 9 heteroatoms. The molecule has 0 bridgehead atoms. The number of imidazole rings is 1. The van der Waals surface area contributed by atoms with Crippen molar-refractivity contribution in [2.24, 2.45) is 0 Å². The van der Waals surface area contributed by atoms with Crippen LogP contribution in [0, 0.1) is 0 Å². The molecular weight excluding hydrogens is 416 g/mol. The molecule has 1 aromatic carbocycles. The molecular formula is C22H27ClN6O2. The molecule has 1 aliphatic rings. The zero-order valence-electron chi connectivity index (χ0n) is 17.9. The summed E-state index contributed by atoms with van der Waals surface area (Å²) in [5.74, 6) is 1.13. The number of amides is 1. The summed E-state index contributed by atoms with van der Waals surface area (Å²) in [6, 6.07) is 8.26. The largest absolute Gasteiger partial charge is 0.484 e. The Morgan fingerprint density at radius 1 is 1.35 bits per heavy atom. The van der Waals surface area contributed by atoms with Crippen molar-refractivity contribution in [2.45, 2.75) is 32.4 Å². The third-order valence-electron chi connectivity index (χ3n) is 5.55. The number of halogens is 1. The van der Waals surface area contributed by atoms with Crippen LogP contribution in [0.2, 0.25) is 5.02 Å². The van der Waals surface area contributed by atoms with Crippen LogP contribution in [-0.2, 0) is 4.79 Å². The number of likely N-dealkylation sites (tertiary alicyclic amines) is 1. The molecule has 1 fully saturated rings. The number of hydrogen-bond acceptors (Lipinski definition) is 6. The van der Waals surface area contributed by atoms with Gasteiger partial charge in [0, 0.05) is 37.8 Å². The van der Waals surface area contributed by atoms with Crippen molar-refractivity contribution < 1.29 is 9.53 Å². The Kier molecular flexibility index (Phi) is 6.29. The van der Waals surface area contributed by atoms with Crippen LogP contribution >= 0.6 is 11.6 Å². The number of hydrogen-bond donors (Lipinski definition) is 3. The third-order valence-corrected chi connectivity index (χ3v) is 5.84. The van der Waals surface area contributed by atoms with E-state index in [0.717, 1.165) is 36.3 Å². The van der Waals surface area contributed by atoms with E-state index in [2.05, 4.69) is 44.3 Å². The number of benzene rings is 1. The van der Waals surface area contributed by atoms with Gasteiger partial charge in [-0.15, -0.1) is 0 Å². The summed E-state index contributed by atoms with van der Waals surface area (Å²) in [6.07, 6.45) is 2.71. The van der Waals surface area contributed by atoms with Gasteiger partial charge in [0.1, 0.15) is 17.1 Å². The van der Waals surface area contributed by atoms with Crippen molar-refractivity contribution in [1.29, 1.82) is 0 Å². The number of anilines is 1. The minimum atomic E-state index is -0.178. The molecule has 0 saturated carbocycles. The van der Waals surface area contributed by atoms with Gasteiger partial charge < -0.3 is 20.4 Å². The average molecular weight is 443 g/mol. The van der Waals surface area contributed by atoms with Gasteiger partial charge in [-0.25, -0.2) is 9.97 Å². The fraction of sp³-hybridized carbons (Fsp3) is 0.409. The van der Waals surface area contributed by atoms with Crippen molar-refractivity contribution in [3.8, 4) is 17.1 Å². The SMILES string of the molecule is CNC(=O)COc1ccc(-c2nc3ncc(Cl)c(N[C@H]4CCN(C(C)C)C4)c3[nH]2)cc1. The highest BCUT2D eigenvalue weighted by Crippen LogP contribution is 2.32. The van der Waals surface area contributed by atoms with Crippen LogP contribution in [-0.4, -0.2) is 64.6 Å². The Bertz CT molecular complexity index is 1070. The number of pyridine rings is 1. The number of aromatic nitrogens is 3. The second-order valence-corrected chi connectivity index (χ2v) is 8.38. The van der Waals surface area contributed by atoms with Crippen molar-refractivity contribution in [3.63, 3.8) is 0 Å². The molecule has 3 aromatic rings. The van der Waals surface area contributed by atoms with Crippen LogP contribution in [0.15, 0.2) is 30.5 Å². The fourth-order valence-corrected chi connectivity index (χ4v) is 3.92. The number of likely N-dealkylation sites (N-methyl/N-ethyl adjacent to an activating group) is 1. The Balaban J connectivity index is 1.54. The van der Waals surface area contributed by atoms with E-state index in [9.17, 15) is 4.79 Å². The maximum Gasteiger partial charge on any atom is 0.257 e. The lowest BCUT2D eigenvalue weighted by Gasteiger charge is -2.21. The van der Waals surface area contributed by atoms with E-state index >= 15 is 0 Å². The summed E-state index contributed by atoms with van der Waals surface area (Å²) in [5.41, 5.74) is 3.14. The van der Waals surface area contributed by atoms with Gasteiger partial charge in [0.25, 0.3) is 5.91 Å². The first-order chi connectivity index (χ1) is 14.9. The maximum atomic E-state index is 11.3. The molecule has 0 aliphatic carbocycles. The zero-order chi connectivity index (χ0) is 22.0. The summed E-state index contributed by atoms with van der Waals surface area (Å²) in [4.78, 5) is 26.2. The first kappa shape index (κ1) is 21.4. The molecule has 1 atom stereocenters. The van der Waals surface area contributed by atoms with Gasteiger partial charge in [0.2, 0.25) is 0 Å². The van der Waals surface area contributed by atoms with Gasteiger partial charge in [-0.1, -0.05) is 11.6 Å². The number of fused-ring (bicyclic) bond motifs is 1. The number of nitrogens with zero attached hydrogens (tertiary/aromatic N) is 3. The van der Waals surface area contributed by atoms with Crippen molar-refractivity contribution >= 4 is 34.4 Å². The lowest BCUT2D eigenvalue weighted by Crippen LogP contribution is -2.31. The molecule has 4 rings (SSSR count). The lowest BCUT2D eigenvalue weighted by molar-refractivity contribution is -0.122. The van der Waals surface area contributed by atoms with E-state index in [-0.39, 0.29) is 12.5 Å². The van der Waals surface area contributed by atoms with Gasteiger partial charge >= 0.3 is 0 Å². The Labute approximate surface area is 186 Å². The normalized spacial score (nSPS) is 16.7. The number of carbonyl (C=O) groups excluding carboxylic acids is 1. The maximum absolute atomic E-state index is 11.3. The van der Waals surface area contributed by atoms with Gasteiger partial charge in [-0.3, -0.25) is 9.69 Å². The number of ether oxygens (including phenoxy) is 1. The molecule has 1 saturated heterocycles. The van der Waals surface area contributed by atoms with Gasteiger partial charge in [0.05, 0.1) is 16.9 Å². The molecule has 3 N–H and O–H groups in total. The second kappa shape index (κ2) is 9.11. The molecule has 8 nitrogen and oxygen atoms in total. The highest BCUT2D eigenvalue weighted by molar-refractivity contribution is 6.34. The minimum absolute atomic E-state index is 0.0205. The zero-order valence-corrected chi connectivity index (χ0v) is 18.7. The van der Waals surface area contributed by atoms with Crippen LogP contribution in [0.25, 0.3) is 22.6 Å². The van der Waals surface area contributed by atoms with Crippen molar-refractivity contribution in [3.05, 3.63) is 35.5 Å². The highest BCUT2D eigenvalue weighted by Gasteiger charge is 2.25. The summed E-state index contributed by atoms with van der Waals surface area (Å²) >= 11 is 6.49. The molecule has 1 amide bonds. The van der Waals surface area contributed by atoms with Crippen LogP contribution in [0.1, 0.15) is 20.3 Å².